The predicted octanol–water partition coefficient (Wildman–Crippen LogP) is 1.51. The molecule has 1 aromatic heterocycles. The molecule has 19 heavy (non-hydrogen) atoms. The van der Waals surface area contributed by atoms with Crippen LogP contribution in [0.5, 0.6) is 5.75 Å². The van der Waals surface area contributed by atoms with Gasteiger partial charge in [0.15, 0.2) is 0 Å². The van der Waals surface area contributed by atoms with E-state index < -0.39 is 6.10 Å². The first-order valence-corrected chi connectivity index (χ1v) is 5.70. The number of aromatic nitrogens is 2. The van der Waals surface area contributed by atoms with Crippen molar-refractivity contribution in [3.8, 4) is 16.9 Å². The first kappa shape index (κ1) is 15.5. The molecule has 1 heterocycles. The molecular weight excluding hydrogens is 266 g/mol. The Kier molecular flexibility index (Phi) is 5.35. The molecule has 1 atom stereocenters. The van der Waals surface area contributed by atoms with Crippen LogP contribution >= 0.6 is 12.4 Å². The summed E-state index contributed by atoms with van der Waals surface area (Å²) in [5.74, 6) is 0.746. The summed E-state index contributed by atoms with van der Waals surface area (Å²) in [5, 5.41) is 13.9. The van der Waals surface area contributed by atoms with Crippen molar-refractivity contribution in [2.24, 2.45) is 12.8 Å². The van der Waals surface area contributed by atoms with Crippen molar-refractivity contribution in [3.05, 3.63) is 36.2 Å². The molecule has 5 nitrogen and oxygen atoms in total. The van der Waals surface area contributed by atoms with E-state index in [4.69, 9.17) is 10.5 Å². The zero-order chi connectivity index (χ0) is 13.1. The number of aliphatic hydroxyl groups is 1. The minimum Gasteiger partial charge on any atom is -0.496 e. The van der Waals surface area contributed by atoms with Crippen LogP contribution < -0.4 is 10.5 Å². The minimum absolute atomic E-state index is 0. The fourth-order valence-electron chi connectivity index (χ4n) is 1.85. The summed E-state index contributed by atoms with van der Waals surface area (Å²) in [5.41, 5.74) is 8.09. The molecule has 0 fully saturated rings. The summed E-state index contributed by atoms with van der Waals surface area (Å²) >= 11 is 0. The first-order valence-electron chi connectivity index (χ1n) is 5.70. The van der Waals surface area contributed by atoms with Gasteiger partial charge in [-0.05, 0) is 17.7 Å². The van der Waals surface area contributed by atoms with Gasteiger partial charge in [0.1, 0.15) is 5.75 Å². The average Bonchev–Trinajstić information content (AvgIpc) is 2.83. The number of rotatable bonds is 4. The number of hydrogen-bond acceptors (Lipinski definition) is 4. The molecule has 0 amide bonds. The molecule has 0 radical (unpaired) electrons. The smallest absolute Gasteiger partial charge is 0.126 e. The topological polar surface area (TPSA) is 73.3 Å². The highest BCUT2D eigenvalue weighted by Crippen LogP contribution is 2.32. The van der Waals surface area contributed by atoms with Gasteiger partial charge in [0.2, 0.25) is 0 Å². The van der Waals surface area contributed by atoms with E-state index in [2.05, 4.69) is 5.10 Å². The fraction of sp³-hybridized carbons (Fsp3) is 0.308. The number of ether oxygens (including phenoxy) is 1. The highest BCUT2D eigenvalue weighted by atomic mass is 35.5. The molecule has 0 bridgehead atoms. The quantitative estimate of drug-likeness (QED) is 0.892. The number of benzene rings is 1. The van der Waals surface area contributed by atoms with Gasteiger partial charge in [-0.25, -0.2) is 0 Å². The van der Waals surface area contributed by atoms with Gasteiger partial charge in [0, 0.05) is 30.9 Å². The van der Waals surface area contributed by atoms with Crippen LogP contribution in [-0.2, 0) is 7.05 Å². The lowest BCUT2D eigenvalue weighted by atomic mass is 10.0. The maximum absolute atomic E-state index is 9.78. The molecule has 1 aromatic carbocycles. The molecule has 0 saturated carbocycles. The normalized spacial score (nSPS) is 11.8. The van der Waals surface area contributed by atoms with Gasteiger partial charge in [0.05, 0.1) is 19.4 Å². The van der Waals surface area contributed by atoms with Crippen molar-refractivity contribution < 1.29 is 9.84 Å². The van der Waals surface area contributed by atoms with Crippen LogP contribution in [0.25, 0.3) is 11.1 Å². The van der Waals surface area contributed by atoms with Gasteiger partial charge in [-0.1, -0.05) is 6.07 Å². The van der Waals surface area contributed by atoms with Crippen molar-refractivity contribution in [1.29, 1.82) is 0 Å². The summed E-state index contributed by atoms with van der Waals surface area (Å²) in [6.07, 6.45) is 3.00. The van der Waals surface area contributed by atoms with E-state index in [9.17, 15) is 5.11 Å². The lowest BCUT2D eigenvalue weighted by molar-refractivity contribution is 0.186. The SMILES string of the molecule is COc1ccc([C@@H](O)CN)cc1-c1cnn(C)c1.Cl. The molecule has 104 valence electrons. The molecule has 0 aliphatic rings. The Morgan fingerprint density at radius 2 is 2.21 bits per heavy atom. The van der Waals surface area contributed by atoms with Crippen LogP contribution in [0.4, 0.5) is 0 Å². The third-order valence-corrected chi connectivity index (χ3v) is 2.85. The molecule has 0 aliphatic carbocycles. The van der Waals surface area contributed by atoms with E-state index in [0.717, 1.165) is 22.4 Å². The summed E-state index contributed by atoms with van der Waals surface area (Å²) in [6, 6.07) is 5.53. The number of aryl methyl sites for hydroxylation is 1. The van der Waals surface area contributed by atoms with Gasteiger partial charge >= 0.3 is 0 Å². The maximum atomic E-state index is 9.78. The van der Waals surface area contributed by atoms with E-state index >= 15 is 0 Å². The molecule has 0 saturated heterocycles. The zero-order valence-electron chi connectivity index (χ0n) is 10.9. The van der Waals surface area contributed by atoms with Crippen LogP contribution in [0.2, 0.25) is 0 Å². The Hall–Kier alpha value is -1.56. The number of nitrogens with zero attached hydrogens (tertiary/aromatic N) is 2. The highest BCUT2D eigenvalue weighted by Gasteiger charge is 2.12. The van der Waals surface area contributed by atoms with Crippen LogP contribution in [0.15, 0.2) is 30.6 Å². The molecule has 0 spiro atoms. The number of nitrogens with two attached hydrogens (primary N) is 1. The van der Waals surface area contributed by atoms with Crippen LogP contribution in [0, 0.1) is 0 Å². The number of aliphatic hydroxyl groups excluding tert-OH is 1. The number of halogens is 1. The van der Waals surface area contributed by atoms with Gasteiger partial charge in [-0.2, -0.15) is 5.10 Å². The number of hydrogen-bond donors (Lipinski definition) is 2. The van der Waals surface area contributed by atoms with Gasteiger partial charge in [-0.15, -0.1) is 12.4 Å². The van der Waals surface area contributed by atoms with E-state index in [0.29, 0.717) is 0 Å². The lowest BCUT2D eigenvalue weighted by Crippen LogP contribution is -2.11. The zero-order valence-corrected chi connectivity index (χ0v) is 11.7. The van der Waals surface area contributed by atoms with E-state index in [1.54, 1.807) is 18.0 Å². The molecule has 2 aromatic rings. The van der Waals surface area contributed by atoms with E-state index in [1.165, 1.54) is 0 Å². The summed E-state index contributed by atoms with van der Waals surface area (Å²) < 4.78 is 7.05. The van der Waals surface area contributed by atoms with Crippen molar-refractivity contribution in [2.45, 2.75) is 6.10 Å². The Morgan fingerprint density at radius 1 is 1.47 bits per heavy atom. The molecule has 3 N–H and O–H groups in total. The molecule has 0 aliphatic heterocycles. The lowest BCUT2D eigenvalue weighted by Gasteiger charge is -2.12. The highest BCUT2D eigenvalue weighted by molar-refractivity contribution is 5.85. The Bertz CT molecular complexity index is 542. The third-order valence-electron chi connectivity index (χ3n) is 2.85. The Labute approximate surface area is 118 Å². The second-order valence-electron chi connectivity index (χ2n) is 4.11. The largest absolute Gasteiger partial charge is 0.496 e. The van der Waals surface area contributed by atoms with Crippen molar-refractivity contribution in [3.63, 3.8) is 0 Å². The minimum atomic E-state index is -0.661. The fourth-order valence-corrected chi connectivity index (χ4v) is 1.85. The predicted molar refractivity (Wildman–Crippen MR) is 76.5 cm³/mol. The van der Waals surface area contributed by atoms with Crippen molar-refractivity contribution in [2.75, 3.05) is 13.7 Å². The average molecular weight is 284 g/mol. The molecule has 2 rings (SSSR count). The van der Waals surface area contributed by atoms with Crippen molar-refractivity contribution in [1.82, 2.24) is 9.78 Å². The monoisotopic (exact) mass is 283 g/mol. The third kappa shape index (κ3) is 3.26. The standard InChI is InChI=1S/C13H17N3O2.ClH/c1-16-8-10(7-15-16)11-5-9(12(17)6-14)3-4-13(11)18-2;/h3-5,7-8,12,17H,6,14H2,1-2H3;1H/t12-;/m0./s1. The van der Waals surface area contributed by atoms with Gasteiger partial charge in [-0.3, -0.25) is 4.68 Å². The van der Waals surface area contributed by atoms with Crippen LogP contribution in [0.1, 0.15) is 11.7 Å². The van der Waals surface area contributed by atoms with Crippen LogP contribution in [-0.4, -0.2) is 28.5 Å². The van der Waals surface area contributed by atoms with E-state index in [1.807, 2.05) is 31.4 Å². The Balaban J connectivity index is 0.00000180. The first-order chi connectivity index (χ1) is 8.65. The molecular formula is C13H18ClN3O2. The van der Waals surface area contributed by atoms with Crippen molar-refractivity contribution >= 4 is 12.4 Å². The van der Waals surface area contributed by atoms with Gasteiger partial charge in [0.25, 0.3) is 0 Å². The second-order valence-corrected chi connectivity index (χ2v) is 4.11. The van der Waals surface area contributed by atoms with E-state index in [-0.39, 0.29) is 19.0 Å². The molecule has 0 unspecified atom stereocenters. The summed E-state index contributed by atoms with van der Waals surface area (Å²) in [6.45, 7) is 0.193. The summed E-state index contributed by atoms with van der Waals surface area (Å²) in [7, 11) is 3.47. The molecule has 6 heteroatoms. The Morgan fingerprint density at radius 3 is 2.74 bits per heavy atom. The second kappa shape index (κ2) is 6.56. The summed E-state index contributed by atoms with van der Waals surface area (Å²) in [4.78, 5) is 0. The maximum Gasteiger partial charge on any atom is 0.126 e. The number of methoxy groups -OCH3 is 1. The van der Waals surface area contributed by atoms with Crippen LogP contribution in [0.3, 0.4) is 0 Å². The van der Waals surface area contributed by atoms with Gasteiger partial charge < -0.3 is 15.6 Å².